The first-order valence-electron chi connectivity index (χ1n) is 9.12. The predicted molar refractivity (Wildman–Crippen MR) is 104 cm³/mol. The van der Waals surface area contributed by atoms with Gasteiger partial charge in [0, 0.05) is 6.42 Å². The summed E-state index contributed by atoms with van der Waals surface area (Å²) >= 11 is 0. The van der Waals surface area contributed by atoms with Crippen LogP contribution in [0.4, 0.5) is 0 Å². The van der Waals surface area contributed by atoms with E-state index in [4.69, 9.17) is 5.73 Å². The summed E-state index contributed by atoms with van der Waals surface area (Å²) in [5.41, 5.74) is 7.18. The summed E-state index contributed by atoms with van der Waals surface area (Å²) in [6.07, 6.45) is 0.693. The zero-order chi connectivity index (χ0) is 18.5. The standard InChI is InChI=1S/C22H30N2O.BrH/c1-5-24(4,18(2)3)17-16-22(21(23)25,19-12-8-6-9-13-19)20-14-10-7-11-15-20;/h6-15,18H,5,16-17H2,1-4H3,(H-,23,25);1H. The number of hydrogen-bond donors (Lipinski definition) is 1. The highest BCUT2D eigenvalue weighted by molar-refractivity contribution is 5.90. The van der Waals surface area contributed by atoms with Crippen LogP contribution < -0.4 is 22.7 Å². The topological polar surface area (TPSA) is 43.1 Å². The van der Waals surface area contributed by atoms with Crippen LogP contribution in [0.3, 0.4) is 0 Å². The molecule has 0 aliphatic rings. The number of benzene rings is 2. The fourth-order valence-corrected chi connectivity index (χ4v) is 3.51. The number of quaternary nitrogens is 1. The number of nitrogens with two attached hydrogens (primary N) is 1. The second-order valence-electron chi connectivity index (χ2n) is 7.36. The molecule has 1 amide bonds. The molecule has 26 heavy (non-hydrogen) atoms. The molecule has 2 N–H and O–H groups in total. The van der Waals surface area contributed by atoms with Gasteiger partial charge in [0.15, 0.2) is 0 Å². The molecule has 1 atom stereocenters. The Morgan fingerprint density at radius 1 is 1.00 bits per heavy atom. The molecule has 0 saturated heterocycles. The molecule has 0 aliphatic heterocycles. The van der Waals surface area contributed by atoms with Gasteiger partial charge in [-0.1, -0.05) is 60.7 Å². The lowest BCUT2D eigenvalue weighted by molar-refractivity contribution is -0.928. The molecule has 2 aromatic rings. The van der Waals surface area contributed by atoms with Crippen molar-refractivity contribution in [3.63, 3.8) is 0 Å². The molecule has 0 saturated carbocycles. The number of primary amides is 1. The SMILES string of the molecule is CC[N+](C)(CCC(C(N)=O)(c1ccccc1)c1ccccc1)C(C)C.[Br-]. The molecule has 142 valence electrons. The predicted octanol–water partition coefficient (Wildman–Crippen LogP) is 0.727. The molecule has 2 rings (SSSR count). The maximum Gasteiger partial charge on any atom is 0.232 e. The third-order valence-electron chi connectivity index (χ3n) is 5.92. The van der Waals surface area contributed by atoms with Crippen LogP contribution >= 0.6 is 0 Å². The molecule has 4 heteroatoms. The number of nitrogens with zero attached hydrogens (tertiary/aromatic N) is 1. The summed E-state index contributed by atoms with van der Waals surface area (Å²) in [5, 5.41) is 0. The molecule has 0 radical (unpaired) electrons. The van der Waals surface area contributed by atoms with E-state index in [2.05, 4.69) is 27.8 Å². The van der Waals surface area contributed by atoms with Crippen molar-refractivity contribution in [1.29, 1.82) is 0 Å². The smallest absolute Gasteiger partial charge is 0.232 e. The van der Waals surface area contributed by atoms with Gasteiger partial charge in [0.1, 0.15) is 5.41 Å². The van der Waals surface area contributed by atoms with Gasteiger partial charge < -0.3 is 27.2 Å². The monoisotopic (exact) mass is 418 g/mol. The van der Waals surface area contributed by atoms with Crippen LogP contribution in [0, 0.1) is 0 Å². The van der Waals surface area contributed by atoms with Crippen molar-refractivity contribution < 1.29 is 26.3 Å². The third-order valence-corrected chi connectivity index (χ3v) is 5.92. The van der Waals surface area contributed by atoms with Gasteiger partial charge in [0.05, 0.1) is 26.2 Å². The molecule has 0 aliphatic carbocycles. The van der Waals surface area contributed by atoms with Crippen LogP contribution in [-0.4, -0.2) is 36.6 Å². The first kappa shape index (κ1) is 22.4. The average molecular weight is 419 g/mol. The van der Waals surface area contributed by atoms with Gasteiger partial charge in [-0.3, -0.25) is 4.79 Å². The van der Waals surface area contributed by atoms with Crippen LogP contribution in [0.1, 0.15) is 38.3 Å². The number of rotatable bonds is 8. The lowest BCUT2D eigenvalue weighted by Crippen LogP contribution is -3.00. The highest BCUT2D eigenvalue weighted by atomic mass is 79.9. The number of halogens is 1. The zero-order valence-corrected chi connectivity index (χ0v) is 17.9. The van der Waals surface area contributed by atoms with Gasteiger partial charge in [0.25, 0.3) is 0 Å². The molecular weight excluding hydrogens is 388 g/mol. The Morgan fingerprint density at radius 2 is 1.42 bits per heavy atom. The molecule has 0 heterocycles. The second-order valence-corrected chi connectivity index (χ2v) is 7.36. The van der Waals surface area contributed by atoms with Crippen molar-refractivity contribution in [2.75, 3.05) is 20.1 Å². The number of amides is 1. The molecule has 0 aromatic heterocycles. The van der Waals surface area contributed by atoms with Crippen LogP contribution in [0.2, 0.25) is 0 Å². The molecular formula is C22H31BrN2O. The lowest BCUT2D eigenvalue weighted by Gasteiger charge is -2.41. The van der Waals surface area contributed by atoms with Gasteiger partial charge >= 0.3 is 0 Å². The minimum atomic E-state index is -0.800. The summed E-state index contributed by atoms with van der Waals surface area (Å²) in [4.78, 5) is 12.8. The number of hydrogen-bond acceptors (Lipinski definition) is 1. The minimum Gasteiger partial charge on any atom is -1.00 e. The van der Waals surface area contributed by atoms with Gasteiger partial charge in [-0.2, -0.15) is 0 Å². The van der Waals surface area contributed by atoms with Crippen LogP contribution in [0.15, 0.2) is 60.7 Å². The fraction of sp³-hybridized carbons (Fsp3) is 0.409. The van der Waals surface area contributed by atoms with Gasteiger partial charge in [0.2, 0.25) is 5.91 Å². The van der Waals surface area contributed by atoms with Gasteiger partial charge in [-0.25, -0.2) is 0 Å². The van der Waals surface area contributed by atoms with Crippen molar-refractivity contribution in [1.82, 2.24) is 0 Å². The largest absolute Gasteiger partial charge is 1.00 e. The molecule has 0 spiro atoms. The summed E-state index contributed by atoms with van der Waals surface area (Å²) in [6.45, 7) is 8.59. The van der Waals surface area contributed by atoms with E-state index in [1.54, 1.807) is 0 Å². The number of carbonyl (C=O) groups excluding carboxylic acids is 1. The van der Waals surface area contributed by atoms with E-state index < -0.39 is 5.41 Å². The van der Waals surface area contributed by atoms with E-state index in [0.717, 1.165) is 28.7 Å². The minimum absolute atomic E-state index is 0. The van der Waals surface area contributed by atoms with E-state index >= 15 is 0 Å². The fourth-order valence-electron chi connectivity index (χ4n) is 3.51. The quantitative estimate of drug-likeness (QED) is 0.630. The first-order chi connectivity index (χ1) is 11.9. The van der Waals surface area contributed by atoms with E-state index in [-0.39, 0.29) is 22.9 Å². The molecule has 1 unspecified atom stereocenters. The van der Waals surface area contributed by atoms with Crippen molar-refractivity contribution in [2.24, 2.45) is 5.73 Å². The summed E-state index contributed by atoms with van der Waals surface area (Å²) in [6, 6.07) is 20.4. The van der Waals surface area contributed by atoms with Crippen LogP contribution in [0.25, 0.3) is 0 Å². The first-order valence-corrected chi connectivity index (χ1v) is 9.12. The molecule has 3 nitrogen and oxygen atoms in total. The Kier molecular flexibility index (Phi) is 8.04. The van der Waals surface area contributed by atoms with Gasteiger partial charge in [-0.05, 0) is 31.9 Å². The Bertz CT molecular complexity index is 648. The molecule has 0 fully saturated rings. The van der Waals surface area contributed by atoms with Crippen molar-refractivity contribution in [3.05, 3.63) is 71.8 Å². The Labute approximate surface area is 168 Å². The van der Waals surface area contributed by atoms with E-state index in [1.165, 1.54) is 0 Å². The maximum atomic E-state index is 12.8. The Balaban J connectivity index is 0.00000338. The Morgan fingerprint density at radius 3 is 1.73 bits per heavy atom. The van der Waals surface area contributed by atoms with E-state index in [0.29, 0.717) is 12.5 Å². The Hall–Kier alpha value is -1.65. The van der Waals surface area contributed by atoms with Crippen LogP contribution in [0.5, 0.6) is 0 Å². The lowest BCUT2D eigenvalue weighted by atomic mass is 9.71. The van der Waals surface area contributed by atoms with E-state index in [9.17, 15) is 4.79 Å². The van der Waals surface area contributed by atoms with Gasteiger partial charge in [-0.15, -0.1) is 0 Å². The molecule has 2 aromatic carbocycles. The van der Waals surface area contributed by atoms with Crippen molar-refractivity contribution in [3.8, 4) is 0 Å². The van der Waals surface area contributed by atoms with E-state index in [1.807, 2.05) is 60.7 Å². The van der Waals surface area contributed by atoms with Crippen molar-refractivity contribution >= 4 is 5.91 Å². The number of carbonyl (C=O) groups is 1. The van der Waals surface area contributed by atoms with Crippen molar-refractivity contribution in [2.45, 2.75) is 38.6 Å². The average Bonchev–Trinajstić information content (AvgIpc) is 2.63. The second kappa shape index (κ2) is 9.33. The molecule has 0 bridgehead atoms. The summed E-state index contributed by atoms with van der Waals surface area (Å²) < 4.78 is 0.911. The third kappa shape index (κ3) is 4.36. The van der Waals surface area contributed by atoms with Crippen LogP contribution in [-0.2, 0) is 10.2 Å². The zero-order valence-electron chi connectivity index (χ0n) is 16.3. The maximum absolute atomic E-state index is 12.8. The highest BCUT2D eigenvalue weighted by Gasteiger charge is 2.42. The highest BCUT2D eigenvalue weighted by Crippen LogP contribution is 2.36. The summed E-state index contributed by atoms with van der Waals surface area (Å²) in [5.74, 6) is -0.281. The normalized spacial score (nSPS) is 13.7. The summed E-state index contributed by atoms with van der Waals surface area (Å²) in [7, 11) is 2.26.